The second kappa shape index (κ2) is 4.71. The first kappa shape index (κ1) is 11.9. The Morgan fingerprint density at radius 3 is 2.71 bits per heavy atom. The van der Waals surface area contributed by atoms with Crippen LogP contribution in [0.5, 0.6) is 0 Å². The SMILES string of the molecule is Cc1ccc(C(=O)Nc2cc(C)no2)c(Br)c1. The van der Waals surface area contributed by atoms with Gasteiger partial charge in [-0.25, -0.2) is 0 Å². The van der Waals surface area contributed by atoms with Crippen molar-refractivity contribution in [3.05, 3.63) is 45.6 Å². The number of nitrogens with one attached hydrogen (secondary N) is 1. The number of amides is 1. The molecule has 1 aromatic heterocycles. The van der Waals surface area contributed by atoms with Crippen LogP contribution in [-0.2, 0) is 0 Å². The Morgan fingerprint density at radius 2 is 2.12 bits per heavy atom. The molecular weight excluding hydrogens is 284 g/mol. The largest absolute Gasteiger partial charge is 0.338 e. The zero-order chi connectivity index (χ0) is 12.4. The summed E-state index contributed by atoms with van der Waals surface area (Å²) in [6, 6.07) is 7.20. The van der Waals surface area contributed by atoms with Crippen LogP contribution in [0.25, 0.3) is 0 Å². The van der Waals surface area contributed by atoms with Gasteiger partial charge >= 0.3 is 0 Å². The topological polar surface area (TPSA) is 55.1 Å². The van der Waals surface area contributed by atoms with Gasteiger partial charge < -0.3 is 4.52 Å². The van der Waals surface area contributed by atoms with E-state index in [1.165, 1.54) is 0 Å². The van der Waals surface area contributed by atoms with Crippen LogP contribution in [0.2, 0.25) is 0 Å². The van der Waals surface area contributed by atoms with Gasteiger partial charge in [0.25, 0.3) is 5.91 Å². The van der Waals surface area contributed by atoms with Crippen molar-refractivity contribution >= 4 is 27.7 Å². The molecule has 1 amide bonds. The summed E-state index contributed by atoms with van der Waals surface area (Å²) < 4.78 is 5.68. The highest BCUT2D eigenvalue weighted by molar-refractivity contribution is 9.10. The van der Waals surface area contributed by atoms with E-state index in [0.717, 1.165) is 15.7 Å². The number of carbonyl (C=O) groups excluding carboxylic acids is 1. The van der Waals surface area contributed by atoms with Gasteiger partial charge in [-0.3, -0.25) is 10.1 Å². The zero-order valence-corrected chi connectivity index (χ0v) is 11.0. The number of carbonyl (C=O) groups is 1. The third kappa shape index (κ3) is 2.74. The van der Waals surface area contributed by atoms with Crippen LogP contribution >= 0.6 is 15.9 Å². The maximum absolute atomic E-state index is 11.9. The molecule has 88 valence electrons. The molecule has 0 fully saturated rings. The Morgan fingerprint density at radius 1 is 1.35 bits per heavy atom. The summed E-state index contributed by atoms with van der Waals surface area (Å²) in [5.41, 5.74) is 2.37. The van der Waals surface area contributed by atoms with Gasteiger partial charge in [-0.1, -0.05) is 11.2 Å². The van der Waals surface area contributed by atoms with Gasteiger partial charge in [0.1, 0.15) is 0 Å². The van der Waals surface area contributed by atoms with E-state index in [1.807, 2.05) is 19.1 Å². The fourth-order valence-corrected chi connectivity index (χ4v) is 2.08. The maximum atomic E-state index is 11.9. The van der Waals surface area contributed by atoms with Crippen LogP contribution in [0.15, 0.2) is 33.3 Å². The van der Waals surface area contributed by atoms with Crippen LogP contribution in [0.3, 0.4) is 0 Å². The van der Waals surface area contributed by atoms with Crippen LogP contribution in [0.4, 0.5) is 5.88 Å². The molecule has 17 heavy (non-hydrogen) atoms. The van der Waals surface area contributed by atoms with Crippen LogP contribution < -0.4 is 5.32 Å². The Kier molecular flexibility index (Phi) is 3.28. The van der Waals surface area contributed by atoms with E-state index in [2.05, 4.69) is 26.4 Å². The van der Waals surface area contributed by atoms with E-state index in [0.29, 0.717) is 11.4 Å². The number of halogens is 1. The molecule has 0 saturated carbocycles. The molecule has 0 aliphatic heterocycles. The minimum absolute atomic E-state index is 0.229. The number of aryl methyl sites for hydroxylation is 2. The number of hydrogen-bond donors (Lipinski definition) is 1. The summed E-state index contributed by atoms with van der Waals surface area (Å²) in [5, 5.41) is 6.34. The molecule has 2 rings (SSSR count). The van der Waals surface area contributed by atoms with Gasteiger partial charge in [-0.2, -0.15) is 0 Å². The Hall–Kier alpha value is -1.62. The molecule has 5 heteroatoms. The molecule has 0 bridgehead atoms. The number of hydrogen-bond acceptors (Lipinski definition) is 3. The predicted molar refractivity (Wildman–Crippen MR) is 68.1 cm³/mol. The molecule has 0 radical (unpaired) electrons. The molecule has 1 aromatic carbocycles. The summed E-state index contributed by atoms with van der Waals surface area (Å²) in [4.78, 5) is 11.9. The Bertz CT molecular complexity index is 563. The number of rotatable bonds is 2. The van der Waals surface area contributed by atoms with Crippen molar-refractivity contribution in [3.63, 3.8) is 0 Å². The molecule has 1 N–H and O–H groups in total. The molecule has 0 spiro atoms. The number of benzene rings is 1. The van der Waals surface area contributed by atoms with Gasteiger partial charge in [0, 0.05) is 10.5 Å². The van der Waals surface area contributed by atoms with Gasteiger partial charge in [0.2, 0.25) is 5.88 Å². The second-order valence-electron chi connectivity index (χ2n) is 3.77. The third-order valence-corrected chi connectivity index (χ3v) is 2.89. The predicted octanol–water partition coefficient (Wildman–Crippen LogP) is 3.31. The van der Waals surface area contributed by atoms with Gasteiger partial charge in [-0.05, 0) is 47.5 Å². The van der Waals surface area contributed by atoms with Crippen molar-refractivity contribution in [2.75, 3.05) is 5.32 Å². The standard InChI is InChI=1S/C12H11BrN2O2/c1-7-3-4-9(10(13)5-7)12(16)14-11-6-8(2)15-17-11/h3-6H,1-2H3,(H,14,16). The molecule has 2 aromatic rings. The van der Waals surface area contributed by atoms with Gasteiger partial charge in [0.05, 0.1) is 11.3 Å². The minimum atomic E-state index is -0.229. The summed E-state index contributed by atoms with van der Waals surface area (Å²) >= 11 is 3.36. The first-order valence-corrected chi connectivity index (χ1v) is 5.86. The van der Waals surface area contributed by atoms with E-state index < -0.39 is 0 Å². The third-order valence-electron chi connectivity index (χ3n) is 2.23. The van der Waals surface area contributed by atoms with Crippen molar-refractivity contribution in [2.45, 2.75) is 13.8 Å². The Balaban J connectivity index is 2.20. The smallest absolute Gasteiger partial charge is 0.259 e. The highest BCUT2D eigenvalue weighted by atomic mass is 79.9. The molecule has 4 nitrogen and oxygen atoms in total. The molecule has 0 unspecified atom stereocenters. The molecule has 1 heterocycles. The number of anilines is 1. The van der Waals surface area contributed by atoms with Crippen molar-refractivity contribution in [1.29, 1.82) is 0 Å². The lowest BCUT2D eigenvalue weighted by Crippen LogP contribution is -2.12. The van der Waals surface area contributed by atoms with Crippen molar-refractivity contribution in [1.82, 2.24) is 5.16 Å². The summed E-state index contributed by atoms with van der Waals surface area (Å²) in [7, 11) is 0. The Labute approximate surface area is 107 Å². The maximum Gasteiger partial charge on any atom is 0.259 e. The number of nitrogens with zero attached hydrogens (tertiary/aromatic N) is 1. The quantitative estimate of drug-likeness (QED) is 0.924. The lowest BCUT2D eigenvalue weighted by atomic mass is 10.1. The lowest BCUT2D eigenvalue weighted by molar-refractivity contribution is 0.102. The molecule has 0 aliphatic carbocycles. The van der Waals surface area contributed by atoms with Crippen LogP contribution in [0.1, 0.15) is 21.6 Å². The van der Waals surface area contributed by atoms with Crippen molar-refractivity contribution < 1.29 is 9.32 Å². The molecule has 0 saturated heterocycles. The average molecular weight is 295 g/mol. The lowest BCUT2D eigenvalue weighted by Gasteiger charge is -2.04. The highest BCUT2D eigenvalue weighted by Crippen LogP contribution is 2.20. The monoisotopic (exact) mass is 294 g/mol. The molecular formula is C12H11BrN2O2. The molecule has 0 atom stereocenters. The van der Waals surface area contributed by atoms with E-state index in [1.54, 1.807) is 19.1 Å². The summed E-state index contributed by atoms with van der Waals surface area (Å²) in [6.45, 7) is 3.76. The van der Waals surface area contributed by atoms with Crippen molar-refractivity contribution in [3.8, 4) is 0 Å². The highest BCUT2D eigenvalue weighted by Gasteiger charge is 2.12. The normalized spacial score (nSPS) is 10.3. The van der Waals surface area contributed by atoms with E-state index in [-0.39, 0.29) is 5.91 Å². The summed E-state index contributed by atoms with van der Waals surface area (Å²) in [5.74, 6) is 0.119. The first-order valence-electron chi connectivity index (χ1n) is 5.07. The fourth-order valence-electron chi connectivity index (χ4n) is 1.41. The van der Waals surface area contributed by atoms with Gasteiger partial charge in [0.15, 0.2) is 0 Å². The van der Waals surface area contributed by atoms with E-state index in [4.69, 9.17) is 4.52 Å². The van der Waals surface area contributed by atoms with Crippen LogP contribution in [-0.4, -0.2) is 11.1 Å². The fraction of sp³-hybridized carbons (Fsp3) is 0.167. The average Bonchev–Trinajstić information content (AvgIpc) is 2.63. The minimum Gasteiger partial charge on any atom is -0.338 e. The van der Waals surface area contributed by atoms with E-state index in [9.17, 15) is 4.79 Å². The zero-order valence-electron chi connectivity index (χ0n) is 9.45. The first-order chi connectivity index (χ1) is 8.06. The molecule has 0 aliphatic rings. The summed E-state index contributed by atoms with van der Waals surface area (Å²) in [6.07, 6.45) is 0. The van der Waals surface area contributed by atoms with Gasteiger partial charge in [-0.15, -0.1) is 0 Å². The second-order valence-corrected chi connectivity index (χ2v) is 4.62. The number of aromatic nitrogens is 1. The van der Waals surface area contributed by atoms with Crippen molar-refractivity contribution in [2.24, 2.45) is 0 Å². The van der Waals surface area contributed by atoms with E-state index >= 15 is 0 Å². The van der Waals surface area contributed by atoms with Crippen LogP contribution in [0, 0.1) is 13.8 Å².